The number of nitrogens with one attached hydrogen (secondary N) is 1. The highest BCUT2D eigenvalue weighted by Crippen LogP contribution is 2.32. The molecule has 2 aromatic rings. The molecule has 1 saturated heterocycles. The Balaban J connectivity index is 1.60. The first-order valence-electron chi connectivity index (χ1n) is 9.86. The summed E-state index contributed by atoms with van der Waals surface area (Å²) >= 11 is 0. The molecule has 29 heavy (non-hydrogen) atoms. The molecule has 8 heteroatoms. The van der Waals surface area contributed by atoms with E-state index in [1.54, 1.807) is 25.1 Å². The maximum Gasteiger partial charge on any atom is 0.323 e. The first-order chi connectivity index (χ1) is 14.0. The number of piperidine rings is 1. The van der Waals surface area contributed by atoms with Crippen molar-refractivity contribution < 1.29 is 19.4 Å². The zero-order valence-electron chi connectivity index (χ0n) is 16.8. The summed E-state index contributed by atoms with van der Waals surface area (Å²) in [5.41, 5.74) is 2.83. The zero-order valence-corrected chi connectivity index (χ0v) is 16.8. The lowest BCUT2D eigenvalue weighted by molar-refractivity contribution is 0.00569. The van der Waals surface area contributed by atoms with Gasteiger partial charge in [0.25, 0.3) is 0 Å². The van der Waals surface area contributed by atoms with E-state index in [-0.39, 0.29) is 6.03 Å². The number of benzene rings is 1. The molecule has 2 amide bonds. The molecule has 2 aliphatic heterocycles. The van der Waals surface area contributed by atoms with Crippen LogP contribution >= 0.6 is 0 Å². The summed E-state index contributed by atoms with van der Waals surface area (Å²) in [6, 6.07) is 3.63. The number of urea groups is 1. The summed E-state index contributed by atoms with van der Waals surface area (Å²) in [5, 5.41) is 12.9. The number of hydrogen-bond donors (Lipinski definition) is 2. The fourth-order valence-electron chi connectivity index (χ4n) is 3.71. The van der Waals surface area contributed by atoms with E-state index in [0.29, 0.717) is 56.2 Å². The number of carbonyl (C=O) groups is 1. The number of aromatic nitrogens is 2. The monoisotopic (exact) mass is 398 g/mol. The van der Waals surface area contributed by atoms with E-state index in [4.69, 9.17) is 9.47 Å². The molecule has 154 valence electrons. The van der Waals surface area contributed by atoms with Crippen molar-refractivity contribution in [2.24, 2.45) is 0 Å². The van der Waals surface area contributed by atoms with Crippen molar-refractivity contribution in [2.75, 3.05) is 38.7 Å². The number of methoxy groups -OCH3 is 1. The van der Waals surface area contributed by atoms with E-state index in [1.807, 2.05) is 12.1 Å². The molecular weight excluding hydrogens is 372 g/mol. The second-order valence-electron chi connectivity index (χ2n) is 7.74. The first kappa shape index (κ1) is 19.6. The third-order valence-electron chi connectivity index (χ3n) is 5.55. The quantitative estimate of drug-likeness (QED) is 0.825. The zero-order chi connectivity index (χ0) is 20.4. The third-order valence-corrected chi connectivity index (χ3v) is 5.55. The predicted molar refractivity (Wildman–Crippen MR) is 110 cm³/mol. The molecule has 0 atom stereocenters. The largest absolute Gasteiger partial charge is 0.494 e. The van der Waals surface area contributed by atoms with Crippen molar-refractivity contribution >= 4 is 28.5 Å². The van der Waals surface area contributed by atoms with Gasteiger partial charge in [-0.1, -0.05) is 6.08 Å². The number of hydrogen-bond acceptors (Lipinski definition) is 6. The molecule has 3 heterocycles. The minimum Gasteiger partial charge on any atom is -0.494 e. The Morgan fingerprint density at radius 1 is 1.31 bits per heavy atom. The van der Waals surface area contributed by atoms with Crippen LogP contribution in [-0.4, -0.2) is 65.0 Å². The molecule has 8 nitrogen and oxygen atoms in total. The second kappa shape index (κ2) is 7.96. The van der Waals surface area contributed by atoms with Crippen LogP contribution in [0.2, 0.25) is 0 Å². The molecule has 0 unspecified atom stereocenters. The van der Waals surface area contributed by atoms with Crippen LogP contribution in [0.25, 0.3) is 16.6 Å². The minimum absolute atomic E-state index is 0.239. The van der Waals surface area contributed by atoms with E-state index >= 15 is 0 Å². The van der Waals surface area contributed by atoms with Gasteiger partial charge in [-0.25, -0.2) is 14.8 Å². The van der Waals surface area contributed by atoms with Gasteiger partial charge in [-0.2, -0.15) is 0 Å². The number of anilines is 1. The lowest BCUT2D eigenvalue weighted by Crippen LogP contribution is -2.46. The number of ether oxygens (including phenoxy) is 2. The highest BCUT2D eigenvalue weighted by Gasteiger charge is 2.29. The highest BCUT2D eigenvalue weighted by molar-refractivity contribution is 5.95. The normalized spacial score (nSPS) is 19.0. The SMILES string of the molecule is COc1ccc(C2=CCOCC2)c2ncc(NC(=O)N3CCC(C)(O)CC3)nc12. The van der Waals surface area contributed by atoms with Gasteiger partial charge < -0.3 is 19.5 Å². The second-order valence-corrected chi connectivity index (χ2v) is 7.74. The van der Waals surface area contributed by atoms with Crippen LogP contribution in [0.3, 0.4) is 0 Å². The van der Waals surface area contributed by atoms with E-state index in [9.17, 15) is 9.90 Å². The van der Waals surface area contributed by atoms with Crippen molar-refractivity contribution in [1.29, 1.82) is 0 Å². The number of nitrogens with zero attached hydrogens (tertiary/aromatic N) is 3. The van der Waals surface area contributed by atoms with Crippen LogP contribution in [0.1, 0.15) is 31.7 Å². The Morgan fingerprint density at radius 3 is 2.79 bits per heavy atom. The van der Waals surface area contributed by atoms with Gasteiger partial charge in [-0.05, 0) is 43.9 Å². The van der Waals surface area contributed by atoms with Gasteiger partial charge in [-0.3, -0.25) is 5.32 Å². The molecule has 2 aliphatic rings. The summed E-state index contributed by atoms with van der Waals surface area (Å²) in [7, 11) is 1.59. The van der Waals surface area contributed by atoms with E-state index in [2.05, 4.69) is 21.4 Å². The summed E-state index contributed by atoms with van der Waals surface area (Å²) < 4.78 is 10.9. The average molecular weight is 398 g/mol. The van der Waals surface area contributed by atoms with Crippen molar-refractivity contribution in [3.05, 3.63) is 30.0 Å². The van der Waals surface area contributed by atoms with Crippen LogP contribution < -0.4 is 10.1 Å². The molecule has 2 N–H and O–H groups in total. The maximum absolute atomic E-state index is 12.6. The third kappa shape index (κ3) is 4.18. The lowest BCUT2D eigenvalue weighted by Gasteiger charge is -2.35. The highest BCUT2D eigenvalue weighted by atomic mass is 16.5. The van der Waals surface area contributed by atoms with Crippen LogP contribution in [0.4, 0.5) is 10.6 Å². The average Bonchev–Trinajstić information content (AvgIpc) is 2.73. The molecule has 1 aromatic carbocycles. The molecule has 0 bridgehead atoms. The topological polar surface area (TPSA) is 96.8 Å². The van der Waals surface area contributed by atoms with Crippen LogP contribution in [0, 0.1) is 0 Å². The van der Waals surface area contributed by atoms with Crippen molar-refractivity contribution in [3.63, 3.8) is 0 Å². The fraction of sp³-hybridized carbons (Fsp3) is 0.476. The Hall–Kier alpha value is -2.71. The molecule has 4 rings (SSSR count). The molecule has 1 aromatic heterocycles. The molecule has 0 spiro atoms. The number of carbonyl (C=O) groups excluding carboxylic acids is 1. The molecular formula is C21H26N4O4. The van der Waals surface area contributed by atoms with Gasteiger partial charge in [0, 0.05) is 18.7 Å². The van der Waals surface area contributed by atoms with Gasteiger partial charge in [0.2, 0.25) is 0 Å². The van der Waals surface area contributed by atoms with E-state index in [1.165, 1.54) is 5.57 Å². The van der Waals surface area contributed by atoms with Crippen LogP contribution in [-0.2, 0) is 4.74 Å². The van der Waals surface area contributed by atoms with Crippen molar-refractivity contribution in [3.8, 4) is 5.75 Å². The molecule has 1 fully saturated rings. The Morgan fingerprint density at radius 2 is 2.10 bits per heavy atom. The maximum atomic E-state index is 12.6. The fourth-order valence-corrected chi connectivity index (χ4v) is 3.71. The summed E-state index contributed by atoms with van der Waals surface area (Å²) in [6.07, 6.45) is 5.57. The first-order valence-corrected chi connectivity index (χ1v) is 9.86. The van der Waals surface area contributed by atoms with Gasteiger partial charge in [0.05, 0.1) is 32.1 Å². The van der Waals surface area contributed by atoms with Crippen LogP contribution in [0.5, 0.6) is 5.75 Å². The summed E-state index contributed by atoms with van der Waals surface area (Å²) in [4.78, 5) is 23.5. The van der Waals surface area contributed by atoms with Gasteiger partial charge >= 0.3 is 6.03 Å². The number of likely N-dealkylation sites (tertiary alicyclic amines) is 1. The number of rotatable bonds is 3. The Labute approximate surface area is 169 Å². The molecule has 0 radical (unpaired) electrons. The van der Waals surface area contributed by atoms with Crippen molar-refractivity contribution in [1.82, 2.24) is 14.9 Å². The number of aliphatic hydroxyl groups is 1. The smallest absolute Gasteiger partial charge is 0.323 e. The predicted octanol–water partition coefficient (Wildman–Crippen LogP) is 2.82. The Bertz CT molecular complexity index is 947. The number of amides is 2. The van der Waals surface area contributed by atoms with Crippen LogP contribution in [0.15, 0.2) is 24.4 Å². The standard InChI is InChI=1S/C21H26N4O4/c1-21(27)7-9-25(10-8-21)20(26)24-17-13-22-18-15(14-5-11-29-12-6-14)3-4-16(28-2)19(18)23-17/h3-5,13,27H,6-12H2,1-2H3,(H,23,24,26). The number of fused-ring (bicyclic) bond motifs is 1. The molecule has 0 aliphatic carbocycles. The van der Waals surface area contributed by atoms with Crippen molar-refractivity contribution in [2.45, 2.75) is 31.8 Å². The van der Waals surface area contributed by atoms with E-state index in [0.717, 1.165) is 17.5 Å². The Kier molecular flexibility index (Phi) is 5.38. The minimum atomic E-state index is -0.706. The summed E-state index contributed by atoms with van der Waals surface area (Å²) in [6.45, 7) is 4.08. The van der Waals surface area contributed by atoms with Gasteiger partial charge in [0.1, 0.15) is 16.8 Å². The summed E-state index contributed by atoms with van der Waals surface area (Å²) in [5.74, 6) is 0.977. The van der Waals surface area contributed by atoms with Gasteiger partial charge in [0.15, 0.2) is 5.82 Å². The lowest BCUT2D eigenvalue weighted by atomic mass is 9.94. The van der Waals surface area contributed by atoms with E-state index < -0.39 is 5.60 Å². The van der Waals surface area contributed by atoms with Gasteiger partial charge in [-0.15, -0.1) is 0 Å². The molecule has 0 saturated carbocycles.